The van der Waals surface area contributed by atoms with Crippen LogP contribution < -0.4 is 10.1 Å². The first-order valence-electron chi connectivity index (χ1n) is 7.08. The second-order valence-electron chi connectivity index (χ2n) is 4.79. The molecule has 2 aromatic carbocycles. The SMILES string of the molecule is COC(=O)c1ccccc1NC(=O)C=Cc1ccc(O)c(OC)c1. The smallest absolute Gasteiger partial charge is 0.339 e. The molecule has 0 heterocycles. The lowest BCUT2D eigenvalue weighted by molar-refractivity contribution is -0.111. The summed E-state index contributed by atoms with van der Waals surface area (Å²) in [6.07, 6.45) is 2.89. The number of carbonyl (C=O) groups is 2. The Balaban J connectivity index is 2.13. The molecule has 0 bridgehead atoms. The summed E-state index contributed by atoms with van der Waals surface area (Å²) in [5.74, 6) is -0.601. The number of rotatable bonds is 5. The van der Waals surface area contributed by atoms with E-state index in [4.69, 9.17) is 4.74 Å². The Kier molecular flexibility index (Phi) is 5.57. The molecule has 0 fully saturated rings. The van der Waals surface area contributed by atoms with Crippen molar-refractivity contribution >= 4 is 23.6 Å². The van der Waals surface area contributed by atoms with Crippen LogP contribution in [0.3, 0.4) is 0 Å². The van der Waals surface area contributed by atoms with Gasteiger partial charge < -0.3 is 19.9 Å². The lowest BCUT2D eigenvalue weighted by Crippen LogP contribution is -2.12. The zero-order chi connectivity index (χ0) is 17.5. The third kappa shape index (κ3) is 4.13. The van der Waals surface area contributed by atoms with Crippen molar-refractivity contribution in [3.8, 4) is 11.5 Å². The number of nitrogens with one attached hydrogen (secondary N) is 1. The van der Waals surface area contributed by atoms with E-state index in [1.807, 2.05) is 0 Å². The van der Waals surface area contributed by atoms with E-state index in [2.05, 4.69) is 10.1 Å². The number of methoxy groups -OCH3 is 2. The Morgan fingerprint density at radius 2 is 1.88 bits per heavy atom. The van der Waals surface area contributed by atoms with Gasteiger partial charge in [0.25, 0.3) is 0 Å². The quantitative estimate of drug-likeness (QED) is 0.651. The van der Waals surface area contributed by atoms with Crippen molar-refractivity contribution in [2.45, 2.75) is 0 Å². The van der Waals surface area contributed by atoms with Crippen LogP contribution in [0.15, 0.2) is 48.5 Å². The number of para-hydroxylation sites is 1. The second kappa shape index (κ2) is 7.82. The Bertz CT molecular complexity index is 783. The molecule has 0 aliphatic heterocycles. The number of carbonyl (C=O) groups excluding carboxylic acids is 2. The number of esters is 1. The molecule has 0 saturated heterocycles. The predicted molar refractivity (Wildman–Crippen MR) is 90.1 cm³/mol. The molecule has 6 nitrogen and oxygen atoms in total. The molecule has 0 atom stereocenters. The van der Waals surface area contributed by atoms with Gasteiger partial charge in [-0.25, -0.2) is 4.79 Å². The average Bonchev–Trinajstić information content (AvgIpc) is 2.60. The number of phenolic OH excluding ortho intramolecular Hbond substituents is 1. The maximum Gasteiger partial charge on any atom is 0.339 e. The molecule has 0 saturated carbocycles. The van der Waals surface area contributed by atoms with Crippen molar-refractivity contribution in [1.82, 2.24) is 0 Å². The van der Waals surface area contributed by atoms with E-state index in [1.54, 1.807) is 42.5 Å². The summed E-state index contributed by atoms with van der Waals surface area (Å²) in [5, 5.41) is 12.2. The Labute approximate surface area is 139 Å². The summed E-state index contributed by atoms with van der Waals surface area (Å²) in [4.78, 5) is 23.7. The third-order valence-corrected chi connectivity index (χ3v) is 3.22. The van der Waals surface area contributed by atoms with Crippen molar-refractivity contribution in [2.75, 3.05) is 19.5 Å². The molecule has 2 aromatic rings. The number of phenols is 1. The minimum Gasteiger partial charge on any atom is -0.504 e. The van der Waals surface area contributed by atoms with Gasteiger partial charge in [0, 0.05) is 6.08 Å². The van der Waals surface area contributed by atoms with Gasteiger partial charge in [-0.05, 0) is 35.9 Å². The van der Waals surface area contributed by atoms with E-state index >= 15 is 0 Å². The Hall–Kier alpha value is -3.28. The molecule has 1 amide bonds. The first-order chi connectivity index (χ1) is 11.5. The van der Waals surface area contributed by atoms with Crippen LogP contribution >= 0.6 is 0 Å². The molecule has 0 radical (unpaired) electrons. The van der Waals surface area contributed by atoms with Gasteiger partial charge in [-0.3, -0.25) is 4.79 Å². The van der Waals surface area contributed by atoms with E-state index in [1.165, 1.54) is 26.4 Å². The largest absolute Gasteiger partial charge is 0.504 e. The van der Waals surface area contributed by atoms with Gasteiger partial charge in [0.15, 0.2) is 11.5 Å². The number of ether oxygens (including phenoxy) is 2. The predicted octanol–water partition coefficient (Wildman–Crippen LogP) is 2.84. The number of amides is 1. The standard InChI is InChI=1S/C18H17NO5/c1-23-16-11-12(7-9-15(16)20)8-10-17(21)19-14-6-4-3-5-13(14)18(22)24-2/h3-11,20H,1-2H3,(H,19,21). The molecule has 0 unspecified atom stereocenters. The number of anilines is 1. The molecular weight excluding hydrogens is 310 g/mol. The fourth-order valence-corrected chi connectivity index (χ4v) is 2.02. The second-order valence-corrected chi connectivity index (χ2v) is 4.79. The van der Waals surface area contributed by atoms with Crippen LogP contribution in [-0.4, -0.2) is 31.2 Å². The van der Waals surface area contributed by atoms with Crippen LogP contribution in [0.1, 0.15) is 15.9 Å². The zero-order valence-corrected chi connectivity index (χ0v) is 13.3. The first-order valence-corrected chi connectivity index (χ1v) is 7.08. The van der Waals surface area contributed by atoms with Crippen LogP contribution in [0.4, 0.5) is 5.69 Å². The van der Waals surface area contributed by atoms with Gasteiger partial charge in [-0.2, -0.15) is 0 Å². The van der Waals surface area contributed by atoms with E-state index in [0.717, 1.165) is 0 Å². The molecule has 2 N–H and O–H groups in total. The normalized spacial score (nSPS) is 10.4. The summed E-state index contributed by atoms with van der Waals surface area (Å²) in [5.41, 5.74) is 1.32. The van der Waals surface area contributed by atoms with Gasteiger partial charge >= 0.3 is 5.97 Å². The highest BCUT2D eigenvalue weighted by atomic mass is 16.5. The van der Waals surface area contributed by atoms with Crippen LogP contribution in [0, 0.1) is 0 Å². The monoisotopic (exact) mass is 327 g/mol. The van der Waals surface area contributed by atoms with E-state index in [9.17, 15) is 14.7 Å². The van der Waals surface area contributed by atoms with Crippen molar-refractivity contribution in [1.29, 1.82) is 0 Å². The maximum atomic E-state index is 12.0. The number of benzene rings is 2. The number of hydrogen-bond donors (Lipinski definition) is 2. The van der Waals surface area contributed by atoms with Crippen LogP contribution in [0.2, 0.25) is 0 Å². The molecule has 0 aliphatic carbocycles. The summed E-state index contributed by atoms with van der Waals surface area (Å²) >= 11 is 0. The van der Waals surface area contributed by atoms with Crippen LogP contribution in [0.25, 0.3) is 6.08 Å². The average molecular weight is 327 g/mol. The zero-order valence-electron chi connectivity index (χ0n) is 13.3. The minimum atomic E-state index is -0.529. The fourth-order valence-electron chi connectivity index (χ4n) is 2.02. The van der Waals surface area contributed by atoms with Crippen molar-refractivity contribution < 1.29 is 24.2 Å². The fraction of sp³-hybridized carbons (Fsp3) is 0.111. The molecular formula is C18H17NO5. The van der Waals surface area contributed by atoms with Crippen LogP contribution in [-0.2, 0) is 9.53 Å². The van der Waals surface area contributed by atoms with Crippen molar-refractivity contribution in [2.24, 2.45) is 0 Å². The molecule has 24 heavy (non-hydrogen) atoms. The minimum absolute atomic E-state index is 0.0195. The Morgan fingerprint density at radius 1 is 1.12 bits per heavy atom. The number of hydrogen-bond acceptors (Lipinski definition) is 5. The van der Waals surface area contributed by atoms with Gasteiger partial charge in [-0.1, -0.05) is 18.2 Å². The molecule has 0 aliphatic rings. The molecule has 0 aromatic heterocycles. The Morgan fingerprint density at radius 3 is 2.58 bits per heavy atom. The van der Waals surface area contributed by atoms with Gasteiger partial charge in [0.05, 0.1) is 25.5 Å². The maximum absolute atomic E-state index is 12.0. The van der Waals surface area contributed by atoms with Crippen molar-refractivity contribution in [3.63, 3.8) is 0 Å². The van der Waals surface area contributed by atoms with E-state index in [0.29, 0.717) is 17.0 Å². The highest BCUT2D eigenvalue weighted by Gasteiger charge is 2.12. The molecule has 2 rings (SSSR count). The van der Waals surface area contributed by atoms with E-state index < -0.39 is 11.9 Å². The molecule has 124 valence electrons. The van der Waals surface area contributed by atoms with Gasteiger partial charge in [0.1, 0.15) is 0 Å². The summed E-state index contributed by atoms with van der Waals surface area (Å²) in [6, 6.07) is 11.3. The first kappa shape index (κ1) is 17.1. The van der Waals surface area contributed by atoms with Crippen LogP contribution in [0.5, 0.6) is 11.5 Å². The van der Waals surface area contributed by atoms with Crippen molar-refractivity contribution in [3.05, 3.63) is 59.7 Å². The highest BCUT2D eigenvalue weighted by molar-refractivity contribution is 6.06. The summed E-state index contributed by atoms with van der Waals surface area (Å²) in [7, 11) is 2.72. The highest BCUT2D eigenvalue weighted by Crippen LogP contribution is 2.26. The summed E-state index contributed by atoms with van der Waals surface area (Å²) < 4.78 is 9.69. The lowest BCUT2D eigenvalue weighted by atomic mass is 10.1. The van der Waals surface area contributed by atoms with Gasteiger partial charge in [-0.15, -0.1) is 0 Å². The lowest BCUT2D eigenvalue weighted by Gasteiger charge is -2.08. The van der Waals surface area contributed by atoms with E-state index in [-0.39, 0.29) is 11.3 Å². The summed E-state index contributed by atoms with van der Waals surface area (Å²) in [6.45, 7) is 0. The topological polar surface area (TPSA) is 84.9 Å². The third-order valence-electron chi connectivity index (χ3n) is 3.22. The molecule has 0 spiro atoms. The molecule has 6 heteroatoms. The van der Waals surface area contributed by atoms with Gasteiger partial charge in [0.2, 0.25) is 5.91 Å². The number of aromatic hydroxyl groups is 1.